The molecule has 1 aliphatic rings. The smallest absolute Gasteiger partial charge is 0.0809 e. The molecule has 1 aliphatic heterocycles. The average Bonchev–Trinajstić information content (AvgIpc) is 1.62. The summed E-state index contributed by atoms with van der Waals surface area (Å²) < 4.78 is 5.05. The first-order valence-corrected chi connectivity index (χ1v) is 3.27. The highest BCUT2D eigenvalue weighted by Gasteiger charge is 2.40. The molecule has 54 valence electrons. The van der Waals surface area contributed by atoms with Crippen LogP contribution < -0.4 is 11.3 Å². The zero-order valence-electron chi connectivity index (χ0n) is 5.98. The normalized spacial score (nSPS) is 24.0. The van der Waals surface area contributed by atoms with Crippen LogP contribution in [-0.4, -0.2) is 18.8 Å². The minimum atomic E-state index is 0.0694. The summed E-state index contributed by atoms with van der Waals surface area (Å²) in [7, 11) is 0. The summed E-state index contributed by atoms with van der Waals surface area (Å²) in [5, 5.41) is 0. The Bertz CT molecular complexity index is 93.7. The van der Waals surface area contributed by atoms with Crippen molar-refractivity contribution in [3.05, 3.63) is 0 Å². The Morgan fingerprint density at radius 3 is 2.11 bits per heavy atom. The van der Waals surface area contributed by atoms with Gasteiger partial charge in [0.1, 0.15) is 0 Å². The van der Waals surface area contributed by atoms with Gasteiger partial charge < -0.3 is 4.74 Å². The molecule has 0 aliphatic carbocycles. The van der Waals surface area contributed by atoms with Crippen molar-refractivity contribution in [2.45, 2.75) is 19.4 Å². The van der Waals surface area contributed by atoms with E-state index in [1.54, 1.807) is 0 Å². The summed E-state index contributed by atoms with van der Waals surface area (Å²) in [6.07, 6.45) is 0. The number of hydrogen-bond acceptors (Lipinski definition) is 3. The lowest BCUT2D eigenvalue weighted by atomic mass is 9.85. The fraction of sp³-hybridized carbons (Fsp3) is 1.00. The second kappa shape index (κ2) is 2.25. The number of nitrogens with one attached hydrogen (secondary N) is 1. The van der Waals surface area contributed by atoms with E-state index in [2.05, 4.69) is 19.3 Å². The Morgan fingerprint density at radius 2 is 2.11 bits per heavy atom. The van der Waals surface area contributed by atoms with Gasteiger partial charge in [0.05, 0.1) is 18.8 Å². The first-order chi connectivity index (χ1) is 4.21. The second-order valence-corrected chi connectivity index (χ2v) is 2.95. The van der Waals surface area contributed by atoms with Crippen LogP contribution >= 0.6 is 0 Å². The molecule has 3 nitrogen and oxygen atoms in total. The number of hydrogen-bond donors (Lipinski definition) is 2. The average molecular weight is 130 g/mol. The van der Waals surface area contributed by atoms with Crippen molar-refractivity contribution in [1.82, 2.24) is 5.43 Å². The number of rotatable bonds is 2. The van der Waals surface area contributed by atoms with Gasteiger partial charge in [0.25, 0.3) is 0 Å². The highest BCUT2D eigenvalue weighted by Crippen LogP contribution is 2.24. The number of ether oxygens (including phenoxy) is 1. The van der Waals surface area contributed by atoms with Crippen molar-refractivity contribution in [3.8, 4) is 0 Å². The Kier molecular flexibility index (Phi) is 1.75. The second-order valence-electron chi connectivity index (χ2n) is 2.95. The lowest BCUT2D eigenvalue weighted by Gasteiger charge is -2.44. The third-order valence-corrected chi connectivity index (χ3v) is 2.11. The molecule has 0 spiro atoms. The van der Waals surface area contributed by atoms with Crippen LogP contribution in [0.4, 0.5) is 0 Å². The molecule has 3 N–H and O–H groups in total. The molecule has 0 aromatic carbocycles. The molecule has 0 radical (unpaired) electrons. The highest BCUT2D eigenvalue weighted by molar-refractivity contribution is 4.94. The van der Waals surface area contributed by atoms with E-state index in [-0.39, 0.29) is 5.54 Å². The van der Waals surface area contributed by atoms with Gasteiger partial charge in [-0.15, -0.1) is 0 Å². The van der Waals surface area contributed by atoms with Crippen LogP contribution in [0.3, 0.4) is 0 Å². The molecular formula is C6H14N2O. The van der Waals surface area contributed by atoms with Gasteiger partial charge >= 0.3 is 0 Å². The largest absolute Gasteiger partial charge is 0.377 e. The number of hydrazine groups is 1. The lowest BCUT2D eigenvalue weighted by molar-refractivity contribution is -0.0975. The maximum atomic E-state index is 5.34. The van der Waals surface area contributed by atoms with Gasteiger partial charge in [-0.25, -0.2) is 5.43 Å². The Morgan fingerprint density at radius 1 is 1.56 bits per heavy atom. The zero-order valence-corrected chi connectivity index (χ0v) is 5.98. The van der Waals surface area contributed by atoms with Gasteiger partial charge in [0.15, 0.2) is 0 Å². The third-order valence-electron chi connectivity index (χ3n) is 2.11. The van der Waals surface area contributed by atoms with Gasteiger partial charge in [-0.1, -0.05) is 13.8 Å². The predicted octanol–water partition coefficient (Wildman–Crippen LogP) is -0.125. The lowest BCUT2D eigenvalue weighted by Crippen LogP contribution is -2.66. The van der Waals surface area contributed by atoms with Crippen molar-refractivity contribution >= 4 is 0 Å². The quantitative estimate of drug-likeness (QED) is 0.404. The van der Waals surface area contributed by atoms with Gasteiger partial charge in [-0.3, -0.25) is 5.84 Å². The van der Waals surface area contributed by atoms with E-state index in [9.17, 15) is 0 Å². The van der Waals surface area contributed by atoms with Gasteiger partial charge in [0, 0.05) is 0 Å². The summed E-state index contributed by atoms with van der Waals surface area (Å²) in [6, 6.07) is 0. The fourth-order valence-corrected chi connectivity index (χ4v) is 0.905. The molecule has 0 bridgehead atoms. The molecule has 0 aromatic heterocycles. The van der Waals surface area contributed by atoms with E-state index < -0.39 is 0 Å². The summed E-state index contributed by atoms with van der Waals surface area (Å²) in [4.78, 5) is 0. The molecule has 1 fully saturated rings. The van der Waals surface area contributed by atoms with Crippen molar-refractivity contribution in [3.63, 3.8) is 0 Å². The predicted molar refractivity (Wildman–Crippen MR) is 35.7 cm³/mol. The van der Waals surface area contributed by atoms with Crippen molar-refractivity contribution < 1.29 is 4.74 Å². The van der Waals surface area contributed by atoms with Gasteiger partial charge in [0.2, 0.25) is 0 Å². The van der Waals surface area contributed by atoms with Crippen molar-refractivity contribution in [2.24, 2.45) is 11.8 Å². The van der Waals surface area contributed by atoms with Crippen LogP contribution in [-0.2, 0) is 4.74 Å². The first-order valence-electron chi connectivity index (χ1n) is 3.27. The topological polar surface area (TPSA) is 47.3 Å². The molecule has 0 saturated carbocycles. The van der Waals surface area contributed by atoms with Crippen LogP contribution in [0.25, 0.3) is 0 Å². The van der Waals surface area contributed by atoms with Crippen molar-refractivity contribution in [1.29, 1.82) is 0 Å². The molecule has 1 saturated heterocycles. The van der Waals surface area contributed by atoms with Crippen molar-refractivity contribution in [2.75, 3.05) is 13.2 Å². The monoisotopic (exact) mass is 130 g/mol. The molecule has 0 aromatic rings. The molecule has 0 amide bonds. The molecular weight excluding hydrogens is 116 g/mol. The Labute approximate surface area is 55.5 Å². The number of nitrogens with two attached hydrogens (primary N) is 1. The van der Waals surface area contributed by atoms with Crippen LogP contribution in [0.5, 0.6) is 0 Å². The van der Waals surface area contributed by atoms with E-state index in [0.29, 0.717) is 5.92 Å². The summed E-state index contributed by atoms with van der Waals surface area (Å²) in [5.41, 5.74) is 2.86. The maximum absolute atomic E-state index is 5.34. The Balaban J connectivity index is 2.46. The maximum Gasteiger partial charge on any atom is 0.0809 e. The summed E-state index contributed by atoms with van der Waals surface area (Å²) in [6.45, 7) is 5.78. The minimum Gasteiger partial charge on any atom is -0.377 e. The molecule has 3 heteroatoms. The van der Waals surface area contributed by atoms with Crippen LogP contribution in [0.1, 0.15) is 13.8 Å². The first kappa shape index (κ1) is 6.99. The van der Waals surface area contributed by atoms with Crippen LogP contribution in [0.15, 0.2) is 0 Å². The van der Waals surface area contributed by atoms with E-state index >= 15 is 0 Å². The Hall–Kier alpha value is -0.120. The third kappa shape index (κ3) is 0.956. The summed E-state index contributed by atoms with van der Waals surface area (Å²) >= 11 is 0. The molecule has 0 atom stereocenters. The van der Waals surface area contributed by atoms with E-state index in [1.807, 2.05) is 0 Å². The fourth-order valence-electron chi connectivity index (χ4n) is 0.905. The van der Waals surface area contributed by atoms with E-state index in [4.69, 9.17) is 10.6 Å². The standard InChI is InChI=1S/C6H14N2O/c1-5(2)6(8-7)3-9-4-6/h5,8H,3-4,7H2,1-2H3. The van der Waals surface area contributed by atoms with E-state index in [1.165, 1.54) is 0 Å². The molecule has 1 rings (SSSR count). The van der Waals surface area contributed by atoms with Gasteiger partial charge in [-0.05, 0) is 5.92 Å². The van der Waals surface area contributed by atoms with E-state index in [0.717, 1.165) is 13.2 Å². The van der Waals surface area contributed by atoms with Crippen LogP contribution in [0.2, 0.25) is 0 Å². The zero-order chi connectivity index (χ0) is 6.91. The SMILES string of the molecule is CC(C)C1(NN)COC1. The molecule has 0 unspecified atom stereocenters. The summed E-state index contributed by atoms with van der Waals surface area (Å²) in [5.74, 6) is 5.89. The molecule has 1 heterocycles. The minimum absolute atomic E-state index is 0.0694. The van der Waals surface area contributed by atoms with Crippen LogP contribution in [0, 0.1) is 5.92 Å². The van der Waals surface area contributed by atoms with Gasteiger partial charge in [-0.2, -0.15) is 0 Å². The molecule has 9 heavy (non-hydrogen) atoms. The highest BCUT2D eigenvalue weighted by atomic mass is 16.5.